The SMILES string of the molecule is CCC(=CCOc1ccccc1[N+](=O)[O-])C(=O)O. The molecule has 0 aliphatic rings. The highest BCUT2D eigenvalue weighted by Gasteiger charge is 2.13. The minimum atomic E-state index is -1.01. The van der Waals surface area contributed by atoms with E-state index in [1.165, 1.54) is 24.3 Å². The van der Waals surface area contributed by atoms with Crippen LogP contribution in [0.1, 0.15) is 13.3 Å². The lowest BCUT2D eigenvalue weighted by molar-refractivity contribution is -0.385. The number of nitro benzene ring substituents is 1. The molecule has 18 heavy (non-hydrogen) atoms. The number of carboxylic acids is 1. The molecule has 0 heterocycles. The topological polar surface area (TPSA) is 89.7 Å². The lowest BCUT2D eigenvalue weighted by atomic mass is 10.2. The molecule has 0 spiro atoms. The molecule has 0 atom stereocenters. The zero-order chi connectivity index (χ0) is 13.5. The normalized spacial score (nSPS) is 11.1. The van der Waals surface area contributed by atoms with Gasteiger partial charge in [0.25, 0.3) is 0 Å². The van der Waals surface area contributed by atoms with Crippen molar-refractivity contribution >= 4 is 11.7 Å². The molecule has 1 N–H and O–H groups in total. The van der Waals surface area contributed by atoms with Crippen molar-refractivity contribution < 1.29 is 19.6 Å². The molecule has 96 valence electrons. The molecule has 6 nitrogen and oxygen atoms in total. The van der Waals surface area contributed by atoms with Crippen LogP contribution in [0.5, 0.6) is 5.75 Å². The molecule has 0 aromatic heterocycles. The van der Waals surface area contributed by atoms with E-state index < -0.39 is 10.9 Å². The van der Waals surface area contributed by atoms with E-state index in [4.69, 9.17) is 9.84 Å². The van der Waals surface area contributed by atoms with Crippen molar-refractivity contribution in [2.75, 3.05) is 6.61 Å². The van der Waals surface area contributed by atoms with Crippen molar-refractivity contribution in [3.8, 4) is 5.75 Å². The van der Waals surface area contributed by atoms with E-state index in [1.807, 2.05) is 0 Å². The van der Waals surface area contributed by atoms with Gasteiger partial charge < -0.3 is 9.84 Å². The third-order valence-corrected chi connectivity index (χ3v) is 2.29. The number of nitrogens with zero attached hydrogens (tertiary/aromatic N) is 1. The smallest absolute Gasteiger partial charge is 0.331 e. The zero-order valence-corrected chi connectivity index (χ0v) is 9.83. The van der Waals surface area contributed by atoms with Gasteiger partial charge in [-0.1, -0.05) is 19.1 Å². The molecule has 0 amide bonds. The van der Waals surface area contributed by atoms with Gasteiger partial charge in [-0.05, 0) is 18.6 Å². The van der Waals surface area contributed by atoms with Crippen LogP contribution in [0.2, 0.25) is 0 Å². The number of nitro groups is 1. The number of hydrogen-bond donors (Lipinski definition) is 1. The predicted molar refractivity (Wildman–Crippen MR) is 64.6 cm³/mol. The average Bonchev–Trinajstić information content (AvgIpc) is 2.34. The van der Waals surface area contributed by atoms with Crippen LogP contribution in [0.25, 0.3) is 0 Å². The number of ether oxygens (including phenoxy) is 1. The summed E-state index contributed by atoms with van der Waals surface area (Å²) in [4.78, 5) is 20.9. The van der Waals surface area contributed by atoms with Gasteiger partial charge in [-0.3, -0.25) is 10.1 Å². The van der Waals surface area contributed by atoms with Crippen molar-refractivity contribution in [1.29, 1.82) is 0 Å². The summed E-state index contributed by atoms with van der Waals surface area (Å²) < 4.78 is 5.20. The van der Waals surface area contributed by atoms with Crippen molar-refractivity contribution in [1.82, 2.24) is 0 Å². The monoisotopic (exact) mass is 251 g/mol. The summed E-state index contributed by atoms with van der Waals surface area (Å²) in [5.41, 5.74) is 0.0767. The Morgan fingerprint density at radius 3 is 2.72 bits per heavy atom. The number of aliphatic carboxylic acids is 1. The van der Waals surface area contributed by atoms with Crippen molar-refractivity contribution in [3.63, 3.8) is 0 Å². The molecular weight excluding hydrogens is 238 g/mol. The summed E-state index contributed by atoms with van der Waals surface area (Å²) in [5.74, 6) is -0.886. The Kier molecular flexibility index (Phi) is 4.86. The van der Waals surface area contributed by atoms with Crippen molar-refractivity contribution in [2.45, 2.75) is 13.3 Å². The van der Waals surface area contributed by atoms with Crippen molar-refractivity contribution in [3.05, 3.63) is 46.0 Å². The Balaban J connectivity index is 2.75. The Morgan fingerprint density at radius 1 is 1.50 bits per heavy atom. The molecule has 0 fully saturated rings. The molecule has 6 heteroatoms. The summed E-state index contributed by atoms with van der Waals surface area (Å²) >= 11 is 0. The largest absolute Gasteiger partial charge is 0.483 e. The van der Waals surface area contributed by atoms with E-state index in [0.717, 1.165) is 0 Å². The summed E-state index contributed by atoms with van der Waals surface area (Å²) in [7, 11) is 0. The molecule has 1 aromatic rings. The van der Waals surface area contributed by atoms with Crippen molar-refractivity contribution in [2.24, 2.45) is 0 Å². The molecule has 0 saturated heterocycles. The maximum Gasteiger partial charge on any atom is 0.331 e. The maximum atomic E-state index is 10.7. The first kappa shape index (κ1) is 13.7. The number of carbonyl (C=O) groups is 1. The van der Waals surface area contributed by atoms with E-state index in [2.05, 4.69) is 0 Å². The quantitative estimate of drug-likeness (QED) is 0.476. The van der Waals surface area contributed by atoms with Gasteiger partial charge in [-0.15, -0.1) is 0 Å². The fourth-order valence-electron chi connectivity index (χ4n) is 1.34. The highest BCUT2D eigenvalue weighted by atomic mass is 16.6. The molecule has 0 radical (unpaired) electrons. The van der Waals surface area contributed by atoms with Gasteiger partial charge in [0.1, 0.15) is 6.61 Å². The van der Waals surface area contributed by atoms with E-state index >= 15 is 0 Å². The first-order valence-corrected chi connectivity index (χ1v) is 5.34. The van der Waals surface area contributed by atoms with Gasteiger partial charge in [0.2, 0.25) is 0 Å². The fraction of sp³-hybridized carbons (Fsp3) is 0.250. The highest BCUT2D eigenvalue weighted by Crippen LogP contribution is 2.25. The third kappa shape index (κ3) is 3.58. The van der Waals surface area contributed by atoms with Crippen LogP contribution < -0.4 is 4.74 Å². The molecule has 1 rings (SSSR count). The molecule has 0 saturated carbocycles. The van der Waals surface area contributed by atoms with Gasteiger partial charge in [-0.25, -0.2) is 4.79 Å². The summed E-state index contributed by atoms with van der Waals surface area (Å²) in [5, 5.41) is 19.5. The second-order valence-corrected chi connectivity index (χ2v) is 3.42. The lowest BCUT2D eigenvalue weighted by Gasteiger charge is -2.04. The third-order valence-electron chi connectivity index (χ3n) is 2.29. The molecule has 1 aromatic carbocycles. The molecule has 0 aliphatic carbocycles. The molecule has 0 unspecified atom stereocenters. The Bertz CT molecular complexity index is 481. The first-order valence-electron chi connectivity index (χ1n) is 5.34. The van der Waals surface area contributed by atoms with Crippen LogP contribution in [0.15, 0.2) is 35.9 Å². The fourth-order valence-corrected chi connectivity index (χ4v) is 1.34. The van der Waals surface area contributed by atoms with Gasteiger partial charge in [0.15, 0.2) is 5.75 Å². The van der Waals surface area contributed by atoms with Crippen LogP contribution in [-0.2, 0) is 4.79 Å². The summed E-state index contributed by atoms with van der Waals surface area (Å²) in [6.07, 6.45) is 1.77. The van der Waals surface area contributed by atoms with Crippen LogP contribution in [0, 0.1) is 10.1 Å². The van der Waals surface area contributed by atoms with E-state index in [1.54, 1.807) is 13.0 Å². The minimum Gasteiger partial charge on any atom is -0.483 e. The van der Waals surface area contributed by atoms with E-state index in [9.17, 15) is 14.9 Å². The minimum absolute atomic E-state index is 0.0136. The van der Waals surface area contributed by atoms with Crippen LogP contribution >= 0.6 is 0 Å². The highest BCUT2D eigenvalue weighted by molar-refractivity contribution is 5.86. The predicted octanol–water partition coefficient (Wildman–Crippen LogP) is 2.39. The number of benzene rings is 1. The Morgan fingerprint density at radius 2 is 2.17 bits per heavy atom. The first-order chi connectivity index (χ1) is 8.56. The average molecular weight is 251 g/mol. The molecule has 0 bridgehead atoms. The molecule has 0 aliphatic heterocycles. The zero-order valence-electron chi connectivity index (χ0n) is 9.83. The number of hydrogen-bond acceptors (Lipinski definition) is 4. The Labute approximate surface area is 104 Å². The number of rotatable bonds is 6. The lowest BCUT2D eigenvalue weighted by Crippen LogP contribution is -2.03. The summed E-state index contributed by atoms with van der Waals surface area (Å²) in [6, 6.07) is 5.95. The van der Waals surface area contributed by atoms with E-state index in [0.29, 0.717) is 6.42 Å². The summed E-state index contributed by atoms with van der Waals surface area (Å²) in [6.45, 7) is 1.70. The molecular formula is C12H13NO5. The number of para-hydroxylation sites is 2. The second-order valence-electron chi connectivity index (χ2n) is 3.42. The van der Waals surface area contributed by atoms with Crippen LogP contribution in [0.4, 0.5) is 5.69 Å². The van der Waals surface area contributed by atoms with Gasteiger partial charge in [-0.2, -0.15) is 0 Å². The second kappa shape index (κ2) is 6.39. The van der Waals surface area contributed by atoms with Gasteiger partial charge >= 0.3 is 11.7 Å². The van der Waals surface area contributed by atoms with Crippen LogP contribution in [0.3, 0.4) is 0 Å². The van der Waals surface area contributed by atoms with Crippen LogP contribution in [-0.4, -0.2) is 22.6 Å². The van der Waals surface area contributed by atoms with Gasteiger partial charge in [0.05, 0.1) is 4.92 Å². The van der Waals surface area contributed by atoms with E-state index in [-0.39, 0.29) is 23.6 Å². The van der Waals surface area contributed by atoms with Gasteiger partial charge in [0, 0.05) is 11.6 Å². The Hall–Kier alpha value is -2.37. The standard InChI is InChI=1S/C12H13NO5/c1-2-9(12(14)15)7-8-18-11-6-4-3-5-10(11)13(16)17/h3-7H,2,8H2,1H3,(H,14,15). The maximum absolute atomic E-state index is 10.7. The number of carboxylic acid groups (broad SMARTS) is 1.